The van der Waals surface area contributed by atoms with Gasteiger partial charge in [0.2, 0.25) is 5.91 Å². The highest BCUT2D eigenvalue weighted by atomic mass is 16.2. The van der Waals surface area contributed by atoms with E-state index in [1.54, 1.807) is 18.0 Å². The Kier molecular flexibility index (Phi) is 5.88. The molecule has 0 aromatic heterocycles. The Bertz CT molecular complexity index is 636. The summed E-state index contributed by atoms with van der Waals surface area (Å²) < 4.78 is 0. The van der Waals surface area contributed by atoms with Crippen LogP contribution in [0.2, 0.25) is 0 Å². The molecule has 0 saturated heterocycles. The van der Waals surface area contributed by atoms with Crippen LogP contribution in [0.5, 0.6) is 0 Å². The molecule has 1 aliphatic carbocycles. The van der Waals surface area contributed by atoms with Crippen LogP contribution < -0.4 is 10.2 Å². The van der Waals surface area contributed by atoms with Crippen LogP contribution in [0.4, 0.5) is 5.69 Å². The molecular weight excluding hydrogens is 314 g/mol. The van der Waals surface area contributed by atoms with Crippen LogP contribution >= 0.6 is 0 Å². The molecule has 0 aliphatic heterocycles. The summed E-state index contributed by atoms with van der Waals surface area (Å²) in [5.41, 5.74) is 1.16. The molecule has 0 radical (unpaired) electrons. The summed E-state index contributed by atoms with van der Waals surface area (Å²) in [4.78, 5) is 29.0. The van der Waals surface area contributed by atoms with Gasteiger partial charge in [-0.2, -0.15) is 0 Å². The average molecular weight is 345 g/mol. The van der Waals surface area contributed by atoms with E-state index in [0.29, 0.717) is 11.3 Å². The second-order valence-corrected chi connectivity index (χ2v) is 8.11. The number of nitrogens with zero attached hydrogens (tertiary/aromatic N) is 2. The maximum atomic E-state index is 12.9. The van der Waals surface area contributed by atoms with Gasteiger partial charge in [0.1, 0.15) is 0 Å². The second-order valence-electron chi connectivity index (χ2n) is 8.11. The van der Waals surface area contributed by atoms with Crippen LogP contribution in [-0.4, -0.2) is 50.4 Å². The molecule has 5 heteroatoms. The third-order valence-electron chi connectivity index (χ3n) is 5.01. The van der Waals surface area contributed by atoms with Gasteiger partial charge in [0.05, 0.1) is 11.3 Å². The van der Waals surface area contributed by atoms with Crippen molar-refractivity contribution >= 4 is 17.5 Å². The Hall–Kier alpha value is -1.88. The van der Waals surface area contributed by atoms with E-state index in [0.717, 1.165) is 19.4 Å². The second kappa shape index (κ2) is 7.56. The molecule has 0 spiro atoms. The third kappa shape index (κ3) is 4.82. The van der Waals surface area contributed by atoms with Gasteiger partial charge < -0.3 is 15.1 Å². The lowest BCUT2D eigenvalue weighted by molar-refractivity contribution is -0.119. The maximum Gasteiger partial charge on any atom is 0.253 e. The van der Waals surface area contributed by atoms with Crippen molar-refractivity contribution in [2.45, 2.75) is 39.7 Å². The van der Waals surface area contributed by atoms with Gasteiger partial charge in [0.25, 0.3) is 5.91 Å². The fraction of sp³-hybridized carbons (Fsp3) is 0.600. The largest absolute Gasteiger partial charge is 0.349 e. The van der Waals surface area contributed by atoms with E-state index in [1.165, 1.54) is 0 Å². The predicted molar refractivity (Wildman–Crippen MR) is 102 cm³/mol. The summed E-state index contributed by atoms with van der Waals surface area (Å²) in [5.74, 6) is 0.0886. The molecule has 1 fully saturated rings. The van der Waals surface area contributed by atoms with Crippen molar-refractivity contribution in [2.75, 3.05) is 32.6 Å². The zero-order valence-electron chi connectivity index (χ0n) is 16.3. The molecule has 1 aromatic carbocycles. The number of benzene rings is 1. The summed E-state index contributed by atoms with van der Waals surface area (Å²) in [6, 6.07) is 7.32. The van der Waals surface area contributed by atoms with Crippen LogP contribution in [-0.2, 0) is 4.79 Å². The van der Waals surface area contributed by atoms with E-state index in [-0.39, 0.29) is 29.2 Å². The molecule has 1 aliphatic rings. The quantitative estimate of drug-likeness (QED) is 0.827. The highest BCUT2D eigenvalue weighted by Crippen LogP contribution is 2.33. The zero-order valence-corrected chi connectivity index (χ0v) is 16.3. The number of nitrogens with one attached hydrogen (secondary N) is 1. The molecule has 0 bridgehead atoms. The molecule has 0 unspecified atom stereocenters. The molecule has 138 valence electrons. The monoisotopic (exact) mass is 345 g/mol. The average Bonchev–Trinajstić information content (AvgIpc) is 3.37. The van der Waals surface area contributed by atoms with Crippen LogP contribution in [0.1, 0.15) is 44.0 Å². The van der Waals surface area contributed by atoms with E-state index in [1.807, 2.05) is 39.2 Å². The normalized spacial score (nSPS) is 15.8. The summed E-state index contributed by atoms with van der Waals surface area (Å²) >= 11 is 0. The first-order valence-corrected chi connectivity index (χ1v) is 8.95. The Morgan fingerprint density at radius 3 is 2.36 bits per heavy atom. The van der Waals surface area contributed by atoms with Gasteiger partial charge in [-0.15, -0.1) is 0 Å². The van der Waals surface area contributed by atoms with Gasteiger partial charge >= 0.3 is 0 Å². The minimum Gasteiger partial charge on any atom is -0.349 e. The van der Waals surface area contributed by atoms with Crippen molar-refractivity contribution in [3.8, 4) is 0 Å². The SMILES string of the molecule is C[C@H](NC(=O)c1ccccc1N(C)C(=O)C1CC1)C(C)(C)CN(C)C. The molecule has 1 N–H and O–H groups in total. The van der Waals surface area contributed by atoms with Gasteiger partial charge in [0.15, 0.2) is 0 Å². The van der Waals surface area contributed by atoms with Crippen molar-refractivity contribution in [2.24, 2.45) is 11.3 Å². The van der Waals surface area contributed by atoms with Crippen molar-refractivity contribution in [3.63, 3.8) is 0 Å². The first-order chi connectivity index (χ1) is 11.6. The molecule has 1 aromatic rings. The molecule has 0 heterocycles. The number of rotatable bonds is 7. The van der Waals surface area contributed by atoms with Crippen LogP contribution in [0, 0.1) is 11.3 Å². The number of amides is 2. The highest BCUT2D eigenvalue weighted by Gasteiger charge is 2.34. The summed E-state index contributed by atoms with van der Waals surface area (Å²) in [6.45, 7) is 7.19. The first-order valence-electron chi connectivity index (χ1n) is 8.95. The number of anilines is 1. The summed E-state index contributed by atoms with van der Waals surface area (Å²) in [6.07, 6.45) is 1.90. The Morgan fingerprint density at radius 2 is 1.80 bits per heavy atom. The fourth-order valence-electron chi connectivity index (χ4n) is 3.10. The van der Waals surface area contributed by atoms with E-state index in [9.17, 15) is 9.59 Å². The molecule has 1 saturated carbocycles. The maximum absolute atomic E-state index is 12.9. The minimum absolute atomic E-state index is 0.0000964. The summed E-state index contributed by atoms with van der Waals surface area (Å²) in [7, 11) is 5.82. The number of para-hydroxylation sites is 1. The molecule has 2 rings (SSSR count). The molecule has 1 atom stereocenters. The lowest BCUT2D eigenvalue weighted by Gasteiger charge is -2.35. The Morgan fingerprint density at radius 1 is 1.20 bits per heavy atom. The topological polar surface area (TPSA) is 52.7 Å². The van der Waals surface area contributed by atoms with Gasteiger partial charge in [-0.3, -0.25) is 9.59 Å². The van der Waals surface area contributed by atoms with Crippen LogP contribution in [0.25, 0.3) is 0 Å². The van der Waals surface area contributed by atoms with E-state index < -0.39 is 0 Å². The number of hydrogen-bond donors (Lipinski definition) is 1. The highest BCUT2D eigenvalue weighted by molar-refractivity contribution is 6.05. The van der Waals surface area contributed by atoms with Crippen LogP contribution in [0.15, 0.2) is 24.3 Å². The fourth-order valence-corrected chi connectivity index (χ4v) is 3.10. The lowest BCUT2D eigenvalue weighted by Crippen LogP contribution is -2.47. The Balaban J connectivity index is 2.15. The lowest BCUT2D eigenvalue weighted by atomic mass is 9.84. The molecule has 25 heavy (non-hydrogen) atoms. The number of carbonyl (C=O) groups is 2. The van der Waals surface area contributed by atoms with E-state index >= 15 is 0 Å². The van der Waals surface area contributed by atoms with Gasteiger partial charge in [-0.05, 0) is 51.4 Å². The molecule has 2 amide bonds. The van der Waals surface area contributed by atoms with Crippen molar-refractivity contribution in [3.05, 3.63) is 29.8 Å². The van der Waals surface area contributed by atoms with E-state index in [4.69, 9.17) is 0 Å². The standard InChI is InChI=1S/C20H31N3O2/c1-14(20(2,3)13-22(4)5)21-18(24)16-9-7-8-10-17(16)23(6)19(25)15-11-12-15/h7-10,14-15H,11-13H2,1-6H3,(H,21,24)/t14-/m0/s1. The Labute approximate surface area is 151 Å². The minimum atomic E-state index is -0.134. The van der Waals surface area contributed by atoms with Gasteiger partial charge in [0, 0.05) is 25.6 Å². The zero-order chi connectivity index (χ0) is 18.8. The third-order valence-corrected chi connectivity index (χ3v) is 5.01. The smallest absolute Gasteiger partial charge is 0.253 e. The van der Waals surface area contributed by atoms with Gasteiger partial charge in [-0.1, -0.05) is 26.0 Å². The predicted octanol–water partition coefficient (Wildman–Crippen LogP) is 2.77. The summed E-state index contributed by atoms with van der Waals surface area (Å²) in [5, 5.41) is 3.12. The number of carbonyl (C=O) groups excluding carboxylic acids is 2. The number of hydrogen-bond acceptors (Lipinski definition) is 3. The van der Waals surface area contributed by atoms with Crippen molar-refractivity contribution < 1.29 is 9.59 Å². The first kappa shape index (κ1) is 19.4. The molecule has 5 nitrogen and oxygen atoms in total. The van der Waals surface area contributed by atoms with Gasteiger partial charge in [-0.25, -0.2) is 0 Å². The van der Waals surface area contributed by atoms with Crippen LogP contribution in [0.3, 0.4) is 0 Å². The van der Waals surface area contributed by atoms with E-state index in [2.05, 4.69) is 24.1 Å². The van der Waals surface area contributed by atoms with Crippen molar-refractivity contribution in [1.29, 1.82) is 0 Å². The van der Waals surface area contributed by atoms with Crippen molar-refractivity contribution in [1.82, 2.24) is 10.2 Å². The molecular formula is C20H31N3O2.